The summed E-state index contributed by atoms with van der Waals surface area (Å²) in [5.41, 5.74) is 5.20. The average molecular weight is 390 g/mol. The van der Waals surface area contributed by atoms with E-state index >= 15 is 0 Å². The van der Waals surface area contributed by atoms with Crippen LogP contribution in [-0.4, -0.2) is 25.2 Å². The van der Waals surface area contributed by atoms with Crippen molar-refractivity contribution in [1.29, 1.82) is 0 Å². The first-order valence-corrected chi connectivity index (χ1v) is 10.1. The topological polar surface area (TPSA) is 58.6 Å². The van der Waals surface area contributed by atoms with Gasteiger partial charge in [-0.25, -0.2) is 4.79 Å². The maximum atomic E-state index is 12.8. The Morgan fingerprint density at radius 1 is 1.04 bits per heavy atom. The first-order valence-electron chi connectivity index (χ1n) is 9.26. The third-order valence-electron chi connectivity index (χ3n) is 5.13. The van der Waals surface area contributed by atoms with E-state index in [1.165, 1.54) is 32.9 Å². The zero-order valence-electron chi connectivity index (χ0n) is 15.1. The average Bonchev–Trinajstić information content (AvgIpc) is 3.34. The number of aryl methyl sites for hydroxylation is 2. The summed E-state index contributed by atoms with van der Waals surface area (Å²) in [5.74, 6) is -0.127. The number of carbonyl (C=O) groups excluding carboxylic acids is 2. The largest absolute Gasteiger partial charge is 0.447 e. The Kier molecular flexibility index (Phi) is 4.13. The second kappa shape index (κ2) is 6.80. The van der Waals surface area contributed by atoms with Gasteiger partial charge in [0.2, 0.25) is 0 Å². The van der Waals surface area contributed by atoms with Crippen LogP contribution in [0.25, 0.3) is 10.4 Å². The third-order valence-corrected chi connectivity index (χ3v) is 6.34. The molecule has 0 saturated carbocycles. The number of nitrogens with zero attached hydrogens (tertiary/aromatic N) is 1. The molecule has 5 rings (SSSR count). The van der Waals surface area contributed by atoms with Gasteiger partial charge in [-0.05, 0) is 53.8 Å². The second-order valence-electron chi connectivity index (χ2n) is 6.89. The van der Waals surface area contributed by atoms with Crippen molar-refractivity contribution >= 4 is 34.7 Å². The Morgan fingerprint density at radius 3 is 2.75 bits per heavy atom. The number of rotatable bonds is 3. The summed E-state index contributed by atoms with van der Waals surface area (Å²) in [7, 11) is 0. The molecule has 28 heavy (non-hydrogen) atoms. The van der Waals surface area contributed by atoms with Gasteiger partial charge in [-0.1, -0.05) is 30.3 Å². The third kappa shape index (κ3) is 2.96. The molecule has 1 aromatic heterocycles. The predicted octanol–water partition coefficient (Wildman–Crippen LogP) is 4.72. The number of hydrogen-bond donors (Lipinski definition) is 1. The van der Waals surface area contributed by atoms with Crippen molar-refractivity contribution in [3.63, 3.8) is 0 Å². The molecule has 3 aromatic rings. The highest BCUT2D eigenvalue weighted by atomic mass is 32.1. The van der Waals surface area contributed by atoms with Crippen molar-refractivity contribution in [2.75, 3.05) is 23.4 Å². The number of carbonyl (C=O) groups is 2. The van der Waals surface area contributed by atoms with E-state index in [0.717, 1.165) is 18.5 Å². The van der Waals surface area contributed by atoms with Gasteiger partial charge >= 0.3 is 6.09 Å². The minimum atomic E-state index is -0.354. The number of anilines is 2. The van der Waals surface area contributed by atoms with Crippen molar-refractivity contribution in [2.45, 2.75) is 12.8 Å². The summed E-state index contributed by atoms with van der Waals surface area (Å²) in [6, 6.07) is 17.7. The summed E-state index contributed by atoms with van der Waals surface area (Å²) in [5, 5.41) is 2.96. The molecule has 140 valence electrons. The standard InChI is InChI=1S/C22H18N2O3S/c25-21(23-16-5-3-6-17(13-16)24-10-11-27-22(24)26)19-12-15-9-8-14-4-1-2-7-18(14)20(15)28-19/h1-7,12-13H,8-11H2,(H,23,25). The summed E-state index contributed by atoms with van der Waals surface area (Å²) in [6.07, 6.45) is 1.62. The molecule has 1 saturated heterocycles. The molecule has 0 radical (unpaired) electrons. The molecule has 5 nitrogen and oxygen atoms in total. The summed E-state index contributed by atoms with van der Waals surface area (Å²) >= 11 is 1.54. The number of benzene rings is 2. The van der Waals surface area contributed by atoms with Gasteiger partial charge in [-0.15, -0.1) is 11.3 Å². The maximum Gasteiger partial charge on any atom is 0.414 e. The smallest absolute Gasteiger partial charge is 0.414 e. The normalized spacial score (nSPS) is 15.0. The molecular weight excluding hydrogens is 372 g/mol. The second-order valence-corrected chi connectivity index (χ2v) is 7.94. The lowest BCUT2D eigenvalue weighted by Crippen LogP contribution is -2.23. The number of nitrogens with one attached hydrogen (secondary N) is 1. The Hall–Kier alpha value is -3.12. The fraction of sp³-hybridized carbons (Fsp3) is 0.182. The molecule has 1 aliphatic heterocycles. The highest BCUT2D eigenvalue weighted by Crippen LogP contribution is 2.39. The Labute approximate surface area is 166 Å². The minimum Gasteiger partial charge on any atom is -0.447 e. The van der Waals surface area contributed by atoms with E-state index < -0.39 is 0 Å². The lowest BCUT2D eigenvalue weighted by atomic mass is 9.91. The predicted molar refractivity (Wildman–Crippen MR) is 110 cm³/mol. The SMILES string of the molecule is O=C(Nc1cccc(N2CCOC2=O)c1)c1cc2c(s1)-c1ccccc1CC2. The monoisotopic (exact) mass is 390 g/mol. The quantitative estimate of drug-likeness (QED) is 0.704. The van der Waals surface area contributed by atoms with Gasteiger partial charge in [0.05, 0.1) is 11.4 Å². The van der Waals surface area contributed by atoms with Crippen molar-refractivity contribution in [3.05, 3.63) is 70.6 Å². The van der Waals surface area contributed by atoms with Crippen LogP contribution in [0.2, 0.25) is 0 Å². The number of cyclic esters (lactones) is 1. The fourth-order valence-electron chi connectivity index (χ4n) is 3.76. The zero-order chi connectivity index (χ0) is 19.1. The molecule has 1 fully saturated rings. The first-order chi connectivity index (χ1) is 13.7. The summed E-state index contributed by atoms with van der Waals surface area (Å²) in [4.78, 5) is 28.1. The Bertz CT molecular complexity index is 1090. The minimum absolute atomic E-state index is 0.127. The lowest BCUT2D eigenvalue weighted by Gasteiger charge is -2.15. The first kappa shape index (κ1) is 17.0. The Balaban J connectivity index is 1.39. The van der Waals surface area contributed by atoms with Gasteiger partial charge in [-0.3, -0.25) is 9.69 Å². The molecule has 6 heteroatoms. The van der Waals surface area contributed by atoms with Crippen molar-refractivity contribution in [2.24, 2.45) is 0 Å². The van der Waals surface area contributed by atoms with Crippen molar-refractivity contribution in [3.8, 4) is 10.4 Å². The number of thiophene rings is 1. The van der Waals surface area contributed by atoms with Crippen LogP contribution in [0, 0.1) is 0 Å². The molecule has 1 aliphatic carbocycles. The Morgan fingerprint density at radius 2 is 1.89 bits per heavy atom. The molecule has 0 bridgehead atoms. The number of ether oxygens (including phenoxy) is 1. The molecule has 2 aromatic carbocycles. The van der Waals surface area contributed by atoms with E-state index in [2.05, 4.69) is 23.5 Å². The van der Waals surface area contributed by atoms with E-state index in [4.69, 9.17) is 4.74 Å². The molecule has 0 unspecified atom stereocenters. The molecule has 0 atom stereocenters. The van der Waals surface area contributed by atoms with Gasteiger partial charge in [-0.2, -0.15) is 0 Å². The molecule has 2 heterocycles. The molecule has 0 spiro atoms. The molecule has 2 amide bonds. The number of amides is 2. The van der Waals surface area contributed by atoms with Crippen LogP contribution in [0.5, 0.6) is 0 Å². The van der Waals surface area contributed by atoms with E-state index in [0.29, 0.717) is 23.7 Å². The lowest BCUT2D eigenvalue weighted by molar-refractivity contribution is 0.103. The van der Waals surface area contributed by atoms with E-state index in [-0.39, 0.29) is 12.0 Å². The van der Waals surface area contributed by atoms with Crippen LogP contribution in [0.1, 0.15) is 20.8 Å². The number of hydrogen-bond acceptors (Lipinski definition) is 4. The molecular formula is C22H18N2O3S. The van der Waals surface area contributed by atoms with Crippen LogP contribution in [0.3, 0.4) is 0 Å². The highest BCUT2D eigenvalue weighted by molar-refractivity contribution is 7.17. The maximum absolute atomic E-state index is 12.8. The van der Waals surface area contributed by atoms with E-state index in [1.807, 2.05) is 30.3 Å². The van der Waals surface area contributed by atoms with Crippen LogP contribution in [-0.2, 0) is 17.6 Å². The number of fused-ring (bicyclic) bond motifs is 3. The van der Waals surface area contributed by atoms with Gasteiger partial charge in [0.25, 0.3) is 5.91 Å². The van der Waals surface area contributed by atoms with Crippen LogP contribution < -0.4 is 10.2 Å². The van der Waals surface area contributed by atoms with Gasteiger partial charge in [0.15, 0.2) is 0 Å². The van der Waals surface area contributed by atoms with Crippen LogP contribution >= 0.6 is 11.3 Å². The molecule has 1 N–H and O–H groups in total. The molecule has 2 aliphatic rings. The van der Waals surface area contributed by atoms with Crippen molar-refractivity contribution in [1.82, 2.24) is 0 Å². The fourth-order valence-corrected chi connectivity index (χ4v) is 4.92. The highest BCUT2D eigenvalue weighted by Gasteiger charge is 2.24. The summed E-state index contributed by atoms with van der Waals surface area (Å²) in [6.45, 7) is 0.908. The van der Waals surface area contributed by atoms with Gasteiger partial charge in [0.1, 0.15) is 6.61 Å². The van der Waals surface area contributed by atoms with Crippen LogP contribution in [0.4, 0.5) is 16.2 Å². The van der Waals surface area contributed by atoms with E-state index in [1.54, 1.807) is 11.0 Å². The van der Waals surface area contributed by atoms with Crippen molar-refractivity contribution < 1.29 is 14.3 Å². The van der Waals surface area contributed by atoms with E-state index in [9.17, 15) is 9.59 Å². The summed E-state index contributed by atoms with van der Waals surface area (Å²) < 4.78 is 4.99. The van der Waals surface area contributed by atoms with Crippen LogP contribution in [0.15, 0.2) is 54.6 Å². The van der Waals surface area contributed by atoms with Gasteiger partial charge < -0.3 is 10.1 Å². The van der Waals surface area contributed by atoms with Gasteiger partial charge in [0, 0.05) is 16.3 Å². The zero-order valence-corrected chi connectivity index (χ0v) is 15.9.